The molecule has 2 rings (SSSR count). The Hall–Kier alpha value is -1.63. The predicted molar refractivity (Wildman–Crippen MR) is 113 cm³/mol. The van der Waals surface area contributed by atoms with Gasteiger partial charge in [0.25, 0.3) is 0 Å². The van der Waals surface area contributed by atoms with Crippen LogP contribution < -0.4 is 0 Å². The molecule has 0 radical (unpaired) electrons. The van der Waals surface area contributed by atoms with E-state index in [9.17, 15) is 13.2 Å². The lowest BCUT2D eigenvalue weighted by molar-refractivity contribution is 0.101. The molecule has 0 saturated heterocycles. The van der Waals surface area contributed by atoms with Crippen molar-refractivity contribution in [3.05, 3.63) is 63.7 Å². The van der Waals surface area contributed by atoms with Crippen LogP contribution in [0.25, 0.3) is 0 Å². The Morgan fingerprint density at radius 2 is 1.70 bits per heavy atom. The zero-order valence-corrected chi connectivity index (χ0v) is 18.4. The molecule has 6 heteroatoms. The number of hydrogen-bond donors (Lipinski definition) is 0. The second-order valence-corrected chi connectivity index (χ2v) is 10.1. The van der Waals surface area contributed by atoms with Crippen LogP contribution in [0.4, 0.5) is 0 Å². The third-order valence-electron chi connectivity index (χ3n) is 4.68. The topological polar surface area (TPSA) is 54.5 Å². The first-order chi connectivity index (χ1) is 12.6. The van der Waals surface area contributed by atoms with E-state index < -0.39 is 10.0 Å². The van der Waals surface area contributed by atoms with Crippen LogP contribution in [-0.2, 0) is 21.5 Å². The van der Waals surface area contributed by atoms with E-state index in [1.54, 1.807) is 36.9 Å². The van der Waals surface area contributed by atoms with Crippen molar-refractivity contribution in [2.24, 2.45) is 0 Å². The van der Waals surface area contributed by atoms with Crippen molar-refractivity contribution in [2.75, 3.05) is 14.1 Å². The summed E-state index contributed by atoms with van der Waals surface area (Å²) in [6.45, 7) is 7.67. The van der Waals surface area contributed by atoms with E-state index in [-0.39, 0.29) is 5.78 Å². The Labute approximate surface area is 167 Å². The molecule has 0 atom stereocenters. The second-order valence-electron chi connectivity index (χ2n) is 6.97. The molecule has 0 bridgehead atoms. The first kappa shape index (κ1) is 21.7. The lowest BCUT2D eigenvalue weighted by atomic mass is 9.92. The maximum Gasteiger partial charge on any atom is 0.242 e. The number of sulfonamides is 1. The zero-order valence-electron chi connectivity index (χ0n) is 16.8. The highest BCUT2D eigenvalue weighted by molar-refractivity contribution is 7.97. The summed E-state index contributed by atoms with van der Waals surface area (Å²) in [7, 11) is -0.355. The molecule has 0 aromatic heterocycles. The summed E-state index contributed by atoms with van der Waals surface area (Å²) in [5.74, 6) is 1.58. The van der Waals surface area contributed by atoms with Gasteiger partial charge in [-0.15, -0.1) is 0 Å². The smallest absolute Gasteiger partial charge is 0.242 e. The summed E-state index contributed by atoms with van der Waals surface area (Å²) in [6.07, 6.45) is 0. The summed E-state index contributed by atoms with van der Waals surface area (Å²) < 4.78 is 25.8. The van der Waals surface area contributed by atoms with Crippen LogP contribution in [-0.4, -0.2) is 32.6 Å². The van der Waals surface area contributed by atoms with E-state index in [0.29, 0.717) is 10.6 Å². The van der Waals surface area contributed by atoms with Crippen molar-refractivity contribution < 1.29 is 13.2 Å². The SMILES string of the molecule is CC(=O)c1c(C)cc(C)c(CSCc2cccc(S(=O)(=O)N(C)C)c2)c1C. The number of Topliss-reactive ketones (excluding diaryl/α,β-unsaturated/α-hetero) is 1. The molecular weight excluding hydrogens is 378 g/mol. The quantitative estimate of drug-likeness (QED) is 0.637. The maximum absolute atomic E-state index is 12.3. The van der Waals surface area contributed by atoms with Crippen LogP contribution in [0.1, 0.15) is 45.1 Å². The number of nitrogens with zero attached hydrogens (tertiary/aromatic N) is 1. The third kappa shape index (κ3) is 4.81. The Kier molecular flexibility index (Phi) is 6.89. The largest absolute Gasteiger partial charge is 0.294 e. The van der Waals surface area contributed by atoms with E-state index in [1.165, 1.54) is 29.5 Å². The second kappa shape index (κ2) is 8.59. The fourth-order valence-corrected chi connectivity index (χ4v) is 5.41. The number of ketones is 1. The third-order valence-corrected chi connectivity index (χ3v) is 7.52. The van der Waals surface area contributed by atoms with E-state index in [4.69, 9.17) is 0 Å². The molecule has 0 aliphatic heterocycles. The van der Waals surface area contributed by atoms with Crippen LogP contribution in [0.2, 0.25) is 0 Å². The molecule has 0 N–H and O–H groups in total. The summed E-state index contributed by atoms with van der Waals surface area (Å²) in [4.78, 5) is 12.3. The predicted octanol–water partition coefficient (Wildman–Crippen LogP) is 4.50. The monoisotopic (exact) mass is 405 g/mol. The Balaban J connectivity index is 2.19. The molecule has 0 saturated carbocycles. The molecule has 0 amide bonds. The van der Waals surface area contributed by atoms with Gasteiger partial charge in [0.2, 0.25) is 10.0 Å². The van der Waals surface area contributed by atoms with Gasteiger partial charge in [-0.2, -0.15) is 11.8 Å². The number of thioether (sulfide) groups is 1. The molecule has 0 fully saturated rings. The molecular formula is C21H27NO3S2. The summed E-state index contributed by atoms with van der Waals surface area (Å²) >= 11 is 1.72. The van der Waals surface area contributed by atoms with Crippen molar-refractivity contribution in [2.45, 2.75) is 44.1 Å². The molecule has 0 aliphatic carbocycles. The highest BCUT2D eigenvalue weighted by Gasteiger charge is 2.17. The minimum atomic E-state index is -3.42. The maximum atomic E-state index is 12.3. The van der Waals surface area contributed by atoms with Gasteiger partial charge in [-0.25, -0.2) is 12.7 Å². The molecule has 146 valence electrons. The number of aryl methyl sites for hydroxylation is 2. The Morgan fingerprint density at radius 1 is 1.04 bits per heavy atom. The lowest BCUT2D eigenvalue weighted by Gasteiger charge is -2.16. The first-order valence-corrected chi connectivity index (χ1v) is 11.3. The average Bonchev–Trinajstić information content (AvgIpc) is 2.57. The van der Waals surface area contributed by atoms with Crippen molar-refractivity contribution in [3.8, 4) is 0 Å². The van der Waals surface area contributed by atoms with Gasteiger partial charge in [0.15, 0.2) is 5.78 Å². The molecule has 0 spiro atoms. The highest BCUT2D eigenvalue weighted by Crippen LogP contribution is 2.28. The van der Waals surface area contributed by atoms with E-state index in [1.807, 2.05) is 19.9 Å². The standard InChI is InChI=1S/C21H27NO3S2/c1-14-10-15(2)21(17(4)23)16(3)20(14)13-26-12-18-8-7-9-19(11-18)27(24,25)22(5)6/h7-11H,12-13H2,1-6H3. The van der Waals surface area contributed by atoms with Crippen LogP contribution in [0.5, 0.6) is 0 Å². The fraction of sp³-hybridized carbons (Fsp3) is 0.381. The van der Waals surface area contributed by atoms with Crippen LogP contribution in [0.3, 0.4) is 0 Å². The van der Waals surface area contributed by atoms with Crippen LogP contribution in [0.15, 0.2) is 35.2 Å². The molecule has 27 heavy (non-hydrogen) atoms. The Bertz CT molecular complexity index is 964. The zero-order chi connectivity index (χ0) is 20.4. The minimum Gasteiger partial charge on any atom is -0.294 e. The van der Waals surface area contributed by atoms with Crippen LogP contribution in [0, 0.1) is 20.8 Å². The number of hydrogen-bond acceptors (Lipinski definition) is 4. The molecule has 0 heterocycles. The van der Waals surface area contributed by atoms with Crippen molar-refractivity contribution in [1.82, 2.24) is 4.31 Å². The Morgan fingerprint density at radius 3 is 2.30 bits per heavy atom. The van der Waals surface area contributed by atoms with Gasteiger partial charge in [0.1, 0.15) is 0 Å². The normalized spacial score (nSPS) is 11.8. The summed E-state index contributed by atoms with van der Waals surface area (Å²) in [6, 6.07) is 9.15. The minimum absolute atomic E-state index is 0.0952. The molecule has 0 unspecified atom stereocenters. The number of carbonyl (C=O) groups is 1. The number of carbonyl (C=O) groups excluding carboxylic acids is 1. The van der Waals surface area contributed by atoms with Gasteiger partial charge < -0.3 is 0 Å². The number of rotatable bonds is 7. The van der Waals surface area contributed by atoms with Gasteiger partial charge in [0.05, 0.1) is 4.90 Å². The van der Waals surface area contributed by atoms with Gasteiger partial charge in [-0.1, -0.05) is 18.2 Å². The van der Waals surface area contributed by atoms with Gasteiger partial charge in [-0.3, -0.25) is 4.79 Å². The van der Waals surface area contributed by atoms with Gasteiger partial charge in [-0.05, 0) is 67.6 Å². The fourth-order valence-electron chi connectivity index (χ4n) is 3.27. The van der Waals surface area contributed by atoms with Gasteiger partial charge >= 0.3 is 0 Å². The van der Waals surface area contributed by atoms with E-state index >= 15 is 0 Å². The number of benzene rings is 2. The molecule has 0 aliphatic rings. The van der Waals surface area contributed by atoms with Gasteiger partial charge in [0, 0.05) is 31.2 Å². The average molecular weight is 406 g/mol. The molecule has 2 aromatic rings. The van der Waals surface area contributed by atoms with Crippen molar-refractivity contribution in [1.29, 1.82) is 0 Å². The molecule has 4 nitrogen and oxygen atoms in total. The summed E-state index contributed by atoms with van der Waals surface area (Å²) in [5.41, 5.74) is 6.23. The van der Waals surface area contributed by atoms with Crippen molar-refractivity contribution >= 4 is 27.6 Å². The lowest BCUT2D eigenvalue weighted by Crippen LogP contribution is -2.22. The van der Waals surface area contributed by atoms with E-state index in [0.717, 1.165) is 28.0 Å². The van der Waals surface area contributed by atoms with E-state index in [2.05, 4.69) is 13.0 Å². The highest BCUT2D eigenvalue weighted by atomic mass is 32.2. The summed E-state index contributed by atoms with van der Waals surface area (Å²) in [5, 5.41) is 0. The first-order valence-electron chi connectivity index (χ1n) is 8.75. The molecule has 2 aromatic carbocycles. The van der Waals surface area contributed by atoms with Crippen molar-refractivity contribution in [3.63, 3.8) is 0 Å². The van der Waals surface area contributed by atoms with Crippen LogP contribution >= 0.6 is 11.8 Å².